The van der Waals surface area contributed by atoms with E-state index >= 15 is 0 Å². The Morgan fingerprint density at radius 1 is 1.32 bits per heavy atom. The maximum Gasteiger partial charge on any atom is 0.240 e. The van der Waals surface area contributed by atoms with E-state index in [1.807, 2.05) is 41.3 Å². The lowest BCUT2D eigenvalue weighted by atomic mass is 10.2. The Kier molecular flexibility index (Phi) is 5.25. The van der Waals surface area contributed by atoms with Crippen molar-refractivity contribution in [3.63, 3.8) is 0 Å². The molecular weight excluding hydrogens is 354 g/mol. The van der Waals surface area contributed by atoms with Gasteiger partial charge in [0.1, 0.15) is 17.5 Å². The number of amides is 1. The molecule has 7 heteroatoms. The highest BCUT2D eigenvalue weighted by molar-refractivity contribution is 5.93. The number of anilines is 1. The number of nitrogens with one attached hydrogen (secondary N) is 1. The lowest BCUT2D eigenvalue weighted by Gasteiger charge is -2.24. The van der Waals surface area contributed by atoms with Gasteiger partial charge in [-0.05, 0) is 25.3 Å². The molecule has 0 spiro atoms. The molecule has 4 rings (SSSR count). The molecule has 3 N–H and O–H groups in total. The van der Waals surface area contributed by atoms with Crippen molar-refractivity contribution in [3.8, 4) is 11.4 Å². The predicted octanol–water partition coefficient (Wildman–Crippen LogP) is 3.01. The van der Waals surface area contributed by atoms with Crippen LogP contribution in [0.1, 0.15) is 31.9 Å². The first-order valence-electron chi connectivity index (χ1n) is 9.76. The Labute approximate surface area is 163 Å². The zero-order valence-corrected chi connectivity index (χ0v) is 16.0. The van der Waals surface area contributed by atoms with Gasteiger partial charge in [0, 0.05) is 24.4 Å². The van der Waals surface area contributed by atoms with Crippen LogP contribution in [0.5, 0.6) is 0 Å². The SMILES string of the molecule is CCCOCc1cc2c(N3CCCC3C(N)=O)nc(-c3ccccc3)nc2[nH]1. The normalized spacial score (nSPS) is 16.8. The summed E-state index contributed by atoms with van der Waals surface area (Å²) >= 11 is 0. The van der Waals surface area contributed by atoms with Crippen molar-refractivity contribution in [1.82, 2.24) is 15.0 Å². The van der Waals surface area contributed by atoms with Gasteiger partial charge in [-0.2, -0.15) is 0 Å². The number of hydrogen-bond acceptors (Lipinski definition) is 5. The number of aromatic amines is 1. The second-order valence-corrected chi connectivity index (χ2v) is 7.10. The van der Waals surface area contributed by atoms with Gasteiger partial charge in [-0.15, -0.1) is 0 Å². The van der Waals surface area contributed by atoms with E-state index in [0.29, 0.717) is 19.0 Å². The second kappa shape index (κ2) is 7.98. The third-order valence-electron chi connectivity index (χ3n) is 5.01. The van der Waals surface area contributed by atoms with Crippen molar-refractivity contribution in [3.05, 3.63) is 42.1 Å². The molecule has 1 unspecified atom stereocenters. The summed E-state index contributed by atoms with van der Waals surface area (Å²) in [6.07, 6.45) is 2.63. The van der Waals surface area contributed by atoms with Gasteiger partial charge in [-0.25, -0.2) is 9.97 Å². The number of nitrogens with zero attached hydrogens (tertiary/aromatic N) is 3. The van der Waals surface area contributed by atoms with E-state index in [-0.39, 0.29) is 11.9 Å². The number of fused-ring (bicyclic) bond motifs is 1. The molecule has 1 saturated heterocycles. The van der Waals surface area contributed by atoms with E-state index in [1.165, 1.54) is 0 Å². The first kappa shape index (κ1) is 18.4. The minimum Gasteiger partial charge on any atom is -0.375 e. The molecule has 1 aliphatic heterocycles. The average Bonchev–Trinajstić information content (AvgIpc) is 3.35. The van der Waals surface area contributed by atoms with E-state index in [0.717, 1.165) is 53.9 Å². The van der Waals surface area contributed by atoms with Crippen molar-refractivity contribution in [2.24, 2.45) is 5.73 Å². The Balaban J connectivity index is 1.81. The summed E-state index contributed by atoms with van der Waals surface area (Å²) in [6, 6.07) is 11.5. The molecule has 1 fully saturated rings. The molecule has 28 heavy (non-hydrogen) atoms. The Bertz CT molecular complexity index is 970. The number of carbonyl (C=O) groups is 1. The fraction of sp³-hybridized carbons (Fsp3) is 0.381. The summed E-state index contributed by atoms with van der Waals surface area (Å²) in [7, 11) is 0. The highest BCUT2D eigenvalue weighted by Gasteiger charge is 2.32. The van der Waals surface area contributed by atoms with Crippen LogP contribution >= 0.6 is 0 Å². The average molecular weight is 379 g/mol. The second-order valence-electron chi connectivity index (χ2n) is 7.10. The van der Waals surface area contributed by atoms with Crippen molar-refractivity contribution in [1.29, 1.82) is 0 Å². The fourth-order valence-corrected chi connectivity index (χ4v) is 3.70. The fourth-order valence-electron chi connectivity index (χ4n) is 3.70. The van der Waals surface area contributed by atoms with Crippen molar-refractivity contribution in [2.75, 3.05) is 18.1 Å². The number of aromatic nitrogens is 3. The summed E-state index contributed by atoms with van der Waals surface area (Å²) in [5, 5.41) is 0.892. The molecule has 0 saturated carbocycles. The van der Waals surface area contributed by atoms with E-state index in [9.17, 15) is 4.79 Å². The minimum absolute atomic E-state index is 0.312. The third kappa shape index (κ3) is 3.57. The number of nitrogens with two attached hydrogens (primary N) is 1. The molecule has 1 aromatic carbocycles. The van der Waals surface area contributed by atoms with Crippen molar-refractivity contribution >= 4 is 22.8 Å². The van der Waals surface area contributed by atoms with Crippen LogP contribution in [-0.2, 0) is 16.1 Å². The van der Waals surface area contributed by atoms with Gasteiger partial charge in [0.25, 0.3) is 0 Å². The van der Waals surface area contributed by atoms with E-state index < -0.39 is 0 Å². The Hall–Kier alpha value is -2.93. The first-order chi connectivity index (χ1) is 13.7. The predicted molar refractivity (Wildman–Crippen MR) is 109 cm³/mol. The molecular formula is C21H25N5O2. The van der Waals surface area contributed by atoms with E-state index in [1.54, 1.807) is 0 Å². The maximum atomic E-state index is 12.0. The number of hydrogen-bond donors (Lipinski definition) is 2. The molecule has 0 aliphatic carbocycles. The summed E-state index contributed by atoms with van der Waals surface area (Å²) in [6.45, 7) is 4.03. The van der Waals surface area contributed by atoms with Gasteiger partial charge in [-0.1, -0.05) is 37.3 Å². The van der Waals surface area contributed by atoms with Gasteiger partial charge < -0.3 is 20.4 Å². The van der Waals surface area contributed by atoms with E-state index in [4.69, 9.17) is 20.4 Å². The van der Waals surface area contributed by atoms with Crippen molar-refractivity contribution < 1.29 is 9.53 Å². The lowest BCUT2D eigenvalue weighted by Crippen LogP contribution is -2.40. The standard InChI is InChI=1S/C21H25N5O2/c1-2-11-28-13-15-12-16-20(23-15)24-19(14-7-4-3-5-8-14)25-21(16)26-10-6-9-17(26)18(22)27/h3-5,7-8,12,17H,2,6,9-11,13H2,1H3,(H2,22,27)(H,23,24,25). The zero-order chi connectivity index (χ0) is 19.5. The van der Waals surface area contributed by atoms with Crippen LogP contribution in [-0.4, -0.2) is 40.1 Å². The number of ether oxygens (including phenoxy) is 1. The number of benzene rings is 1. The first-order valence-corrected chi connectivity index (χ1v) is 9.76. The van der Waals surface area contributed by atoms with Crippen LogP contribution in [0.25, 0.3) is 22.4 Å². The molecule has 2 aromatic heterocycles. The minimum atomic E-state index is -0.337. The maximum absolute atomic E-state index is 12.0. The summed E-state index contributed by atoms with van der Waals surface area (Å²) in [4.78, 5) is 26.9. The molecule has 1 aliphatic rings. The van der Waals surface area contributed by atoms with Gasteiger partial charge in [-0.3, -0.25) is 4.79 Å². The molecule has 3 aromatic rings. The number of carbonyl (C=O) groups excluding carboxylic acids is 1. The molecule has 0 radical (unpaired) electrons. The highest BCUT2D eigenvalue weighted by atomic mass is 16.5. The molecule has 146 valence electrons. The third-order valence-corrected chi connectivity index (χ3v) is 5.01. The van der Waals surface area contributed by atoms with Crippen LogP contribution in [0.2, 0.25) is 0 Å². The number of primary amides is 1. The molecule has 7 nitrogen and oxygen atoms in total. The molecule has 0 bridgehead atoms. The topological polar surface area (TPSA) is 97.1 Å². The molecule has 1 atom stereocenters. The van der Waals surface area contributed by atoms with Crippen LogP contribution in [0.4, 0.5) is 5.82 Å². The lowest BCUT2D eigenvalue weighted by molar-refractivity contribution is -0.119. The van der Waals surface area contributed by atoms with Gasteiger partial charge in [0.2, 0.25) is 5.91 Å². The summed E-state index contributed by atoms with van der Waals surface area (Å²) in [5.41, 5.74) is 8.27. The smallest absolute Gasteiger partial charge is 0.240 e. The molecule has 1 amide bonds. The van der Waals surface area contributed by atoms with Crippen LogP contribution in [0, 0.1) is 0 Å². The number of rotatable bonds is 7. The van der Waals surface area contributed by atoms with Crippen molar-refractivity contribution in [2.45, 2.75) is 38.8 Å². The highest BCUT2D eigenvalue weighted by Crippen LogP contribution is 2.32. The van der Waals surface area contributed by atoms with Crippen LogP contribution in [0.3, 0.4) is 0 Å². The van der Waals surface area contributed by atoms with Gasteiger partial charge in [0.15, 0.2) is 5.82 Å². The summed E-state index contributed by atoms with van der Waals surface area (Å²) < 4.78 is 5.67. The summed E-state index contributed by atoms with van der Waals surface area (Å²) in [5.74, 6) is 1.07. The largest absolute Gasteiger partial charge is 0.375 e. The van der Waals surface area contributed by atoms with Gasteiger partial charge in [0.05, 0.1) is 12.0 Å². The van der Waals surface area contributed by atoms with E-state index in [2.05, 4.69) is 11.9 Å². The van der Waals surface area contributed by atoms with Crippen LogP contribution in [0.15, 0.2) is 36.4 Å². The Morgan fingerprint density at radius 2 is 2.14 bits per heavy atom. The Morgan fingerprint density at radius 3 is 2.89 bits per heavy atom. The quantitative estimate of drug-likeness (QED) is 0.615. The monoisotopic (exact) mass is 379 g/mol. The number of H-pyrrole nitrogens is 1. The molecule has 3 heterocycles. The zero-order valence-electron chi connectivity index (χ0n) is 16.0. The van der Waals surface area contributed by atoms with Gasteiger partial charge >= 0.3 is 0 Å². The van der Waals surface area contributed by atoms with Crippen LogP contribution < -0.4 is 10.6 Å².